The van der Waals surface area contributed by atoms with Crippen molar-refractivity contribution >= 4 is 34.4 Å². The Balaban J connectivity index is 1.45. The summed E-state index contributed by atoms with van der Waals surface area (Å²) < 4.78 is 5.28. The Kier molecular flexibility index (Phi) is 4.77. The number of amides is 1. The highest BCUT2D eigenvalue weighted by molar-refractivity contribution is 6.30. The Morgan fingerprint density at radius 1 is 1.07 bits per heavy atom. The minimum atomic E-state index is -0.582. The molecule has 0 saturated carbocycles. The minimum absolute atomic E-state index is 0.206. The molecule has 1 aliphatic rings. The molecule has 0 atom stereocenters. The molecule has 0 aliphatic carbocycles. The van der Waals surface area contributed by atoms with Gasteiger partial charge in [0.05, 0.1) is 11.1 Å². The summed E-state index contributed by atoms with van der Waals surface area (Å²) in [6.07, 6.45) is 0.806. The molecular weight excluding hydrogens is 364 g/mol. The molecule has 0 unspecified atom stereocenters. The Morgan fingerprint density at radius 2 is 1.81 bits per heavy atom. The van der Waals surface area contributed by atoms with Crippen molar-refractivity contribution in [1.29, 1.82) is 0 Å². The van der Waals surface area contributed by atoms with Crippen LogP contribution in [0.1, 0.15) is 21.5 Å². The van der Waals surface area contributed by atoms with E-state index in [0.717, 1.165) is 12.0 Å². The molecule has 1 aromatic heterocycles. The lowest BCUT2D eigenvalue weighted by molar-refractivity contribution is -0.135. The van der Waals surface area contributed by atoms with E-state index in [-0.39, 0.29) is 17.7 Å². The second kappa shape index (κ2) is 7.37. The lowest BCUT2D eigenvalue weighted by Crippen LogP contribution is -2.38. The van der Waals surface area contributed by atoms with Crippen molar-refractivity contribution in [1.82, 2.24) is 9.88 Å². The molecule has 0 fully saturated rings. The van der Waals surface area contributed by atoms with Crippen LogP contribution in [0.4, 0.5) is 0 Å². The number of para-hydroxylation sites is 1. The van der Waals surface area contributed by atoms with E-state index in [4.69, 9.17) is 16.3 Å². The number of aromatic nitrogens is 1. The summed E-state index contributed by atoms with van der Waals surface area (Å²) in [7, 11) is 0. The zero-order valence-corrected chi connectivity index (χ0v) is 15.3. The summed E-state index contributed by atoms with van der Waals surface area (Å²) in [5, 5.41) is 0.853. The molecule has 0 bridgehead atoms. The van der Waals surface area contributed by atoms with Crippen LogP contribution >= 0.6 is 11.6 Å². The average Bonchev–Trinajstić information content (AvgIpc) is 2.70. The first-order chi connectivity index (χ1) is 13.1. The van der Waals surface area contributed by atoms with Crippen LogP contribution in [0.2, 0.25) is 5.15 Å². The number of pyridine rings is 1. The topological polar surface area (TPSA) is 59.5 Å². The highest BCUT2D eigenvalue weighted by Gasteiger charge is 2.22. The zero-order valence-electron chi connectivity index (χ0n) is 14.5. The lowest BCUT2D eigenvalue weighted by Gasteiger charge is -2.28. The number of halogens is 1. The molecular formula is C21H17ClN2O3. The van der Waals surface area contributed by atoms with Gasteiger partial charge in [0, 0.05) is 18.5 Å². The van der Waals surface area contributed by atoms with Gasteiger partial charge in [-0.05, 0) is 29.7 Å². The summed E-state index contributed by atoms with van der Waals surface area (Å²) in [6, 6.07) is 16.7. The first-order valence-corrected chi connectivity index (χ1v) is 9.06. The quantitative estimate of drug-likeness (QED) is 0.514. The molecule has 4 rings (SSSR count). The first-order valence-electron chi connectivity index (χ1n) is 8.69. The van der Waals surface area contributed by atoms with Crippen LogP contribution in [0.5, 0.6) is 0 Å². The standard InChI is InChI=1S/C21H17ClN2O3/c22-19-11-17(16-7-3-4-8-18(16)23-19)21(26)27-13-20(25)24-10-9-14-5-1-2-6-15(14)12-24/h1-8,11H,9-10,12-13H2. The number of carbonyl (C=O) groups excluding carboxylic acids is 2. The molecule has 0 saturated heterocycles. The lowest BCUT2D eigenvalue weighted by atomic mass is 10.00. The van der Waals surface area contributed by atoms with Crippen LogP contribution in [-0.2, 0) is 22.5 Å². The van der Waals surface area contributed by atoms with Crippen LogP contribution in [-0.4, -0.2) is 34.9 Å². The smallest absolute Gasteiger partial charge is 0.339 e. The van der Waals surface area contributed by atoms with Crippen molar-refractivity contribution in [3.8, 4) is 0 Å². The fourth-order valence-electron chi connectivity index (χ4n) is 3.32. The van der Waals surface area contributed by atoms with Gasteiger partial charge in [-0.25, -0.2) is 9.78 Å². The Morgan fingerprint density at radius 3 is 2.67 bits per heavy atom. The van der Waals surface area contributed by atoms with E-state index in [1.165, 1.54) is 11.6 Å². The number of rotatable bonds is 3. The van der Waals surface area contributed by atoms with Crippen LogP contribution in [0.25, 0.3) is 10.9 Å². The van der Waals surface area contributed by atoms with Crippen molar-refractivity contribution in [2.75, 3.05) is 13.2 Å². The number of carbonyl (C=O) groups is 2. The fourth-order valence-corrected chi connectivity index (χ4v) is 3.52. The van der Waals surface area contributed by atoms with Gasteiger partial charge in [-0.2, -0.15) is 0 Å². The molecule has 5 nitrogen and oxygen atoms in total. The summed E-state index contributed by atoms with van der Waals surface area (Å²) >= 11 is 6.01. The Hall–Kier alpha value is -2.92. The van der Waals surface area contributed by atoms with Crippen LogP contribution in [0.15, 0.2) is 54.6 Å². The number of hydrogen-bond donors (Lipinski definition) is 0. The predicted molar refractivity (Wildman–Crippen MR) is 103 cm³/mol. The maximum atomic E-state index is 12.5. The molecule has 0 spiro atoms. The third-order valence-electron chi connectivity index (χ3n) is 4.71. The number of hydrogen-bond acceptors (Lipinski definition) is 4. The minimum Gasteiger partial charge on any atom is -0.452 e. The molecule has 2 aromatic carbocycles. The third-order valence-corrected chi connectivity index (χ3v) is 4.91. The molecule has 3 aromatic rings. The third kappa shape index (κ3) is 3.64. The summed E-state index contributed by atoms with van der Waals surface area (Å²) in [6.45, 7) is 0.864. The number of benzene rings is 2. The number of esters is 1. The van der Waals surface area contributed by atoms with Crippen LogP contribution in [0, 0.1) is 0 Å². The molecule has 1 amide bonds. The van der Waals surface area contributed by atoms with E-state index in [1.807, 2.05) is 30.3 Å². The van der Waals surface area contributed by atoms with Gasteiger partial charge in [-0.1, -0.05) is 54.1 Å². The van der Waals surface area contributed by atoms with Gasteiger partial charge >= 0.3 is 5.97 Å². The van der Waals surface area contributed by atoms with Crippen molar-refractivity contribution in [3.05, 3.63) is 76.4 Å². The maximum Gasteiger partial charge on any atom is 0.339 e. The van der Waals surface area contributed by atoms with Crippen molar-refractivity contribution in [2.24, 2.45) is 0 Å². The second-order valence-corrected chi connectivity index (χ2v) is 6.81. The van der Waals surface area contributed by atoms with E-state index < -0.39 is 5.97 Å². The Labute approximate surface area is 161 Å². The molecule has 2 heterocycles. The Bertz CT molecular complexity index is 1030. The average molecular weight is 381 g/mol. The van der Waals surface area contributed by atoms with E-state index in [0.29, 0.717) is 29.6 Å². The van der Waals surface area contributed by atoms with E-state index in [1.54, 1.807) is 17.0 Å². The summed E-state index contributed by atoms with van der Waals surface area (Å²) in [5.41, 5.74) is 3.31. The highest BCUT2D eigenvalue weighted by atomic mass is 35.5. The molecule has 6 heteroatoms. The van der Waals surface area contributed by atoms with Gasteiger partial charge in [-0.3, -0.25) is 4.79 Å². The molecule has 1 aliphatic heterocycles. The monoisotopic (exact) mass is 380 g/mol. The van der Waals surface area contributed by atoms with Gasteiger partial charge < -0.3 is 9.64 Å². The zero-order chi connectivity index (χ0) is 18.8. The maximum absolute atomic E-state index is 12.5. The van der Waals surface area contributed by atoms with E-state index in [9.17, 15) is 9.59 Å². The van der Waals surface area contributed by atoms with Gasteiger partial charge in [0.2, 0.25) is 0 Å². The van der Waals surface area contributed by atoms with Crippen molar-refractivity contribution in [3.63, 3.8) is 0 Å². The highest BCUT2D eigenvalue weighted by Crippen LogP contribution is 2.22. The fraction of sp³-hybridized carbons (Fsp3) is 0.190. The normalized spacial score (nSPS) is 13.3. The van der Waals surface area contributed by atoms with Gasteiger partial charge in [-0.15, -0.1) is 0 Å². The van der Waals surface area contributed by atoms with Crippen molar-refractivity contribution < 1.29 is 14.3 Å². The van der Waals surface area contributed by atoms with Gasteiger partial charge in [0.15, 0.2) is 6.61 Å². The number of nitrogens with zero attached hydrogens (tertiary/aromatic N) is 2. The molecule has 136 valence electrons. The van der Waals surface area contributed by atoms with Crippen molar-refractivity contribution in [2.45, 2.75) is 13.0 Å². The first kappa shape index (κ1) is 17.5. The predicted octanol–water partition coefficient (Wildman–Crippen LogP) is 3.63. The largest absolute Gasteiger partial charge is 0.452 e. The van der Waals surface area contributed by atoms with E-state index >= 15 is 0 Å². The SMILES string of the molecule is O=C(OCC(=O)N1CCc2ccccc2C1)c1cc(Cl)nc2ccccc12. The molecule has 27 heavy (non-hydrogen) atoms. The molecule has 0 radical (unpaired) electrons. The van der Waals surface area contributed by atoms with E-state index in [2.05, 4.69) is 11.1 Å². The van der Waals surface area contributed by atoms with Crippen LogP contribution in [0.3, 0.4) is 0 Å². The molecule has 0 N–H and O–H groups in total. The summed E-state index contributed by atoms with van der Waals surface area (Å²) in [5.74, 6) is -0.788. The number of fused-ring (bicyclic) bond motifs is 2. The summed E-state index contributed by atoms with van der Waals surface area (Å²) in [4.78, 5) is 30.9. The van der Waals surface area contributed by atoms with Gasteiger partial charge in [0.25, 0.3) is 5.91 Å². The van der Waals surface area contributed by atoms with Gasteiger partial charge in [0.1, 0.15) is 5.15 Å². The second-order valence-electron chi connectivity index (χ2n) is 6.42. The van der Waals surface area contributed by atoms with Crippen LogP contribution < -0.4 is 0 Å². The number of ether oxygens (including phenoxy) is 1.